The lowest BCUT2D eigenvalue weighted by Gasteiger charge is -2.11. The van der Waals surface area contributed by atoms with Gasteiger partial charge in [0.05, 0.1) is 0 Å². The molecule has 0 aliphatic heterocycles. The minimum absolute atomic E-state index is 0.346. The lowest BCUT2D eigenvalue weighted by atomic mass is 10.2. The van der Waals surface area contributed by atoms with Gasteiger partial charge < -0.3 is 11.1 Å². The topological polar surface area (TPSA) is 55.1 Å². The van der Waals surface area contributed by atoms with E-state index in [2.05, 4.69) is 11.4 Å². The average Bonchev–Trinajstić information content (AvgIpc) is 2.64. The first-order valence-electron chi connectivity index (χ1n) is 4.70. The first-order chi connectivity index (χ1) is 7.16. The van der Waals surface area contributed by atoms with Crippen molar-refractivity contribution in [3.05, 3.63) is 29.6 Å². The lowest BCUT2D eigenvalue weighted by molar-refractivity contribution is -0.118. The van der Waals surface area contributed by atoms with E-state index in [-0.39, 0.29) is 11.9 Å². The quantitative estimate of drug-likeness (QED) is 0.833. The molecular weight excluding hydrogens is 208 g/mol. The second-order valence-corrected chi connectivity index (χ2v) is 4.39. The molecule has 0 spiro atoms. The van der Waals surface area contributed by atoms with Crippen LogP contribution in [-0.2, 0) is 4.79 Å². The first-order valence-corrected chi connectivity index (χ1v) is 5.58. The van der Waals surface area contributed by atoms with Gasteiger partial charge in [0, 0.05) is 10.4 Å². The van der Waals surface area contributed by atoms with Crippen molar-refractivity contribution in [3.63, 3.8) is 0 Å². The normalized spacial score (nSPS) is 12.6. The molecule has 0 saturated carbocycles. The van der Waals surface area contributed by atoms with Crippen LogP contribution in [0.15, 0.2) is 29.6 Å². The molecule has 2 aromatic rings. The Balaban J connectivity index is 2.24. The second-order valence-electron chi connectivity index (χ2n) is 3.44. The summed E-state index contributed by atoms with van der Waals surface area (Å²) in [6.07, 6.45) is 0. The number of benzene rings is 1. The lowest BCUT2D eigenvalue weighted by Crippen LogP contribution is -2.32. The maximum atomic E-state index is 10.9. The third-order valence-electron chi connectivity index (χ3n) is 2.26. The van der Waals surface area contributed by atoms with Gasteiger partial charge >= 0.3 is 0 Å². The number of carbonyl (C=O) groups excluding carboxylic acids is 1. The fourth-order valence-electron chi connectivity index (χ4n) is 1.38. The zero-order chi connectivity index (χ0) is 10.8. The van der Waals surface area contributed by atoms with Gasteiger partial charge in [-0.25, -0.2) is 0 Å². The summed E-state index contributed by atoms with van der Waals surface area (Å²) in [6.45, 7) is 1.75. The van der Waals surface area contributed by atoms with E-state index in [0.29, 0.717) is 0 Å². The molecule has 4 heteroatoms. The Hall–Kier alpha value is -1.55. The molecule has 0 radical (unpaired) electrons. The number of amides is 1. The molecule has 3 N–H and O–H groups in total. The minimum atomic E-state index is -0.347. The second kappa shape index (κ2) is 3.90. The summed E-state index contributed by atoms with van der Waals surface area (Å²) in [6, 6.07) is 7.72. The van der Waals surface area contributed by atoms with Crippen LogP contribution >= 0.6 is 11.3 Å². The van der Waals surface area contributed by atoms with Crippen LogP contribution < -0.4 is 11.1 Å². The highest BCUT2D eigenvalue weighted by Crippen LogP contribution is 2.24. The third kappa shape index (κ3) is 2.10. The number of fused-ring (bicyclic) bond motifs is 1. The van der Waals surface area contributed by atoms with E-state index in [1.165, 1.54) is 10.1 Å². The van der Waals surface area contributed by atoms with Crippen molar-refractivity contribution in [2.24, 2.45) is 5.73 Å². The molecule has 1 aromatic carbocycles. The Bertz CT molecular complexity index is 492. The predicted molar refractivity (Wildman–Crippen MR) is 64.1 cm³/mol. The van der Waals surface area contributed by atoms with Gasteiger partial charge in [-0.3, -0.25) is 4.79 Å². The predicted octanol–water partition coefficient (Wildman–Crippen LogP) is 2.19. The van der Waals surface area contributed by atoms with Crippen molar-refractivity contribution in [3.8, 4) is 0 Å². The SMILES string of the molecule is CC(Nc1ccc2sccc2c1)C(N)=O. The number of thiophene rings is 1. The summed E-state index contributed by atoms with van der Waals surface area (Å²) in [5, 5.41) is 6.28. The monoisotopic (exact) mass is 220 g/mol. The van der Waals surface area contributed by atoms with Crippen molar-refractivity contribution in [2.75, 3.05) is 5.32 Å². The van der Waals surface area contributed by atoms with Crippen molar-refractivity contribution in [2.45, 2.75) is 13.0 Å². The van der Waals surface area contributed by atoms with Gasteiger partial charge in [-0.2, -0.15) is 0 Å². The van der Waals surface area contributed by atoms with Crippen LogP contribution in [0.3, 0.4) is 0 Å². The van der Waals surface area contributed by atoms with Gasteiger partial charge in [0.1, 0.15) is 6.04 Å². The molecular formula is C11H12N2OS. The zero-order valence-electron chi connectivity index (χ0n) is 8.36. The maximum Gasteiger partial charge on any atom is 0.239 e. The van der Waals surface area contributed by atoms with Gasteiger partial charge in [0.2, 0.25) is 5.91 Å². The van der Waals surface area contributed by atoms with E-state index in [1.54, 1.807) is 18.3 Å². The standard InChI is InChI=1S/C11H12N2OS/c1-7(11(12)14)13-9-2-3-10-8(6-9)4-5-15-10/h2-7,13H,1H3,(H2,12,14). The van der Waals surface area contributed by atoms with Gasteiger partial charge in [-0.1, -0.05) is 0 Å². The Morgan fingerprint density at radius 3 is 3.00 bits per heavy atom. The Kier molecular flexibility index (Phi) is 2.60. The molecule has 1 amide bonds. The fraction of sp³-hybridized carbons (Fsp3) is 0.182. The third-order valence-corrected chi connectivity index (χ3v) is 3.16. The van der Waals surface area contributed by atoms with Crippen LogP contribution in [0.1, 0.15) is 6.92 Å². The van der Waals surface area contributed by atoms with E-state index < -0.39 is 0 Å². The molecule has 1 unspecified atom stereocenters. The Labute approximate surface area is 91.9 Å². The van der Waals surface area contributed by atoms with E-state index >= 15 is 0 Å². The molecule has 3 nitrogen and oxygen atoms in total. The van der Waals surface area contributed by atoms with E-state index in [4.69, 9.17) is 5.73 Å². The van der Waals surface area contributed by atoms with Crippen molar-refractivity contribution >= 4 is 33.0 Å². The van der Waals surface area contributed by atoms with Crippen LogP contribution in [0, 0.1) is 0 Å². The Morgan fingerprint density at radius 2 is 2.27 bits per heavy atom. The van der Waals surface area contributed by atoms with Gasteiger partial charge in [-0.15, -0.1) is 11.3 Å². The number of primary amides is 1. The van der Waals surface area contributed by atoms with Crippen LogP contribution in [0.2, 0.25) is 0 Å². The number of nitrogens with one attached hydrogen (secondary N) is 1. The summed E-state index contributed by atoms with van der Waals surface area (Å²) in [5.41, 5.74) is 6.10. The number of nitrogens with two attached hydrogens (primary N) is 1. The highest BCUT2D eigenvalue weighted by molar-refractivity contribution is 7.17. The molecule has 2 rings (SSSR count). The summed E-state index contributed by atoms with van der Waals surface area (Å²) in [7, 11) is 0. The van der Waals surface area contributed by atoms with Gasteiger partial charge in [0.25, 0.3) is 0 Å². The largest absolute Gasteiger partial charge is 0.374 e. The molecule has 1 atom stereocenters. The van der Waals surface area contributed by atoms with E-state index in [0.717, 1.165) is 5.69 Å². The van der Waals surface area contributed by atoms with E-state index in [9.17, 15) is 4.79 Å². The molecule has 0 aliphatic carbocycles. The van der Waals surface area contributed by atoms with Crippen molar-refractivity contribution in [1.82, 2.24) is 0 Å². The summed E-state index contributed by atoms with van der Waals surface area (Å²) in [5.74, 6) is -0.347. The maximum absolute atomic E-state index is 10.9. The number of hydrogen-bond donors (Lipinski definition) is 2. The van der Waals surface area contributed by atoms with Crippen LogP contribution in [-0.4, -0.2) is 11.9 Å². The van der Waals surface area contributed by atoms with Gasteiger partial charge in [0.15, 0.2) is 0 Å². The smallest absolute Gasteiger partial charge is 0.239 e. The number of hydrogen-bond acceptors (Lipinski definition) is 3. The zero-order valence-corrected chi connectivity index (χ0v) is 9.17. The summed E-state index contributed by atoms with van der Waals surface area (Å²) < 4.78 is 1.24. The molecule has 0 saturated heterocycles. The molecule has 1 aromatic heterocycles. The number of carbonyl (C=O) groups is 1. The molecule has 0 fully saturated rings. The minimum Gasteiger partial charge on any atom is -0.374 e. The van der Waals surface area contributed by atoms with Crippen molar-refractivity contribution < 1.29 is 4.79 Å². The van der Waals surface area contributed by atoms with Crippen LogP contribution in [0.5, 0.6) is 0 Å². The highest BCUT2D eigenvalue weighted by Gasteiger charge is 2.07. The average molecular weight is 220 g/mol. The Morgan fingerprint density at radius 1 is 1.47 bits per heavy atom. The summed E-state index contributed by atoms with van der Waals surface area (Å²) in [4.78, 5) is 10.9. The first kappa shape index (κ1) is 9.98. The molecule has 0 bridgehead atoms. The summed E-state index contributed by atoms with van der Waals surface area (Å²) >= 11 is 1.70. The molecule has 78 valence electrons. The highest BCUT2D eigenvalue weighted by atomic mass is 32.1. The molecule has 15 heavy (non-hydrogen) atoms. The number of anilines is 1. The van der Waals surface area contributed by atoms with E-state index in [1.807, 2.05) is 23.6 Å². The van der Waals surface area contributed by atoms with Gasteiger partial charge in [-0.05, 0) is 42.0 Å². The molecule has 0 aliphatic rings. The van der Waals surface area contributed by atoms with Crippen LogP contribution in [0.25, 0.3) is 10.1 Å². The van der Waals surface area contributed by atoms with Crippen LogP contribution in [0.4, 0.5) is 5.69 Å². The number of rotatable bonds is 3. The fourth-order valence-corrected chi connectivity index (χ4v) is 2.15. The molecule has 1 heterocycles. The van der Waals surface area contributed by atoms with Crippen molar-refractivity contribution in [1.29, 1.82) is 0 Å².